The molecule has 1 aromatic heterocycles. The Balaban J connectivity index is 1.34. The lowest BCUT2D eigenvalue weighted by atomic mass is 9.87. The van der Waals surface area contributed by atoms with E-state index in [0.29, 0.717) is 44.3 Å². The van der Waals surface area contributed by atoms with Gasteiger partial charge in [0.15, 0.2) is 0 Å². The van der Waals surface area contributed by atoms with Crippen molar-refractivity contribution in [2.24, 2.45) is 13.0 Å². The summed E-state index contributed by atoms with van der Waals surface area (Å²) >= 11 is 6.49. The third kappa shape index (κ3) is 5.94. The predicted octanol–water partition coefficient (Wildman–Crippen LogP) is 5.39. The number of amides is 1. The summed E-state index contributed by atoms with van der Waals surface area (Å²) in [6, 6.07) is 9.92. The number of para-hydroxylation sites is 1. The molecule has 2 heterocycles. The summed E-state index contributed by atoms with van der Waals surface area (Å²) in [7, 11) is 3.23. The Hall–Kier alpha value is -3.31. The van der Waals surface area contributed by atoms with E-state index in [-0.39, 0.29) is 28.8 Å². The molecule has 1 aliphatic carbocycles. The van der Waals surface area contributed by atoms with Crippen LogP contribution in [0.15, 0.2) is 42.6 Å². The van der Waals surface area contributed by atoms with Crippen LogP contribution in [0.1, 0.15) is 54.4 Å². The highest BCUT2D eigenvalue weighted by Gasteiger charge is 2.49. The van der Waals surface area contributed by atoms with Crippen molar-refractivity contribution in [1.82, 2.24) is 9.47 Å². The first kappa shape index (κ1) is 30.2. The van der Waals surface area contributed by atoms with Crippen molar-refractivity contribution in [3.63, 3.8) is 0 Å². The number of rotatable bonds is 10. The van der Waals surface area contributed by atoms with Crippen LogP contribution >= 0.6 is 11.6 Å². The van der Waals surface area contributed by atoms with Crippen molar-refractivity contribution in [1.29, 1.82) is 0 Å². The number of carbonyl (C=O) groups excluding carboxylic acids is 2. The number of fused-ring (bicyclic) bond motifs is 1. The van der Waals surface area contributed by atoms with Gasteiger partial charge < -0.3 is 24.5 Å². The Bertz CT molecular complexity index is 1500. The van der Waals surface area contributed by atoms with Gasteiger partial charge in [0.1, 0.15) is 5.82 Å². The first-order chi connectivity index (χ1) is 20.1. The quantitative estimate of drug-likeness (QED) is 0.301. The number of ketones is 1. The van der Waals surface area contributed by atoms with E-state index >= 15 is 4.39 Å². The molecule has 5 rings (SSSR count). The number of carbonyl (C=O) groups is 3. The number of anilines is 1. The van der Waals surface area contributed by atoms with E-state index in [1.54, 1.807) is 6.20 Å². The number of likely N-dealkylation sites (tertiary alicyclic amines) is 1. The molecular formula is C31H35ClFN3O6. The van der Waals surface area contributed by atoms with Gasteiger partial charge >= 0.3 is 5.97 Å². The van der Waals surface area contributed by atoms with E-state index in [1.165, 1.54) is 13.2 Å². The van der Waals surface area contributed by atoms with Crippen molar-refractivity contribution >= 4 is 45.9 Å². The minimum atomic E-state index is -1.72. The zero-order valence-electron chi connectivity index (χ0n) is 23.7. The third-order valence-electron chi connectivity index (χ3n) is 8.38. The molecule has 3 aromatic rings. The molecule has 2 aliphatic rings. The van der Waals surface area contributed by atoms with Gasteiger partial charge in [-0.25, -0.2) is 9.29 Å². The lowest BCUT2D eigenvalue weighted by Gasteiger charge is -2.42. The smallest absolute Gasteiger partial charge is 0.306 e. The highest BCUT2D eigenvalue weighted by Crippen LogP contribution is 2.35. The van der Waals surface area contributed by atoms with Gasteiger partial charge in [-0.2, -0.15) is 0 Å². The number of halogens is 2. The molecular weight excluding hydrogens is 565 g/mol. The zero-order valence-corrected chi connectivity index (χ0v) is 24.5. The zero-order chi connectivity index (χ0) is 30.0. The van der Waals surface area contributed by atoms with Gasteiger partial charge in [0.2, 0.25) is 5.78 Å². The van der Waals surface area contributed by atoms with Crippen LogP contribution in [0.3, 0.4) is 0 Å². The van der Waals surface area contributed by atoms with Crippen LogP contribution in [0.2, 0.25) is 5.02 Å². The molecule has 0 spiro atoms. The van der Waals surface area contributed by atoms with E-state index < -0.39 is 35.3 Å². The Kier molecular flexibility index (Phi) is 8.98. The SMILES string of the molecule is COC(OC1CCC(C(=O)O)CC1)(C(=O)Cc1cc(Cl)c(NC(=O)c2cn(C)c3ccccc23)cc1F)N1CCCC1. The molecule has 0 bridgehead atoms. The summed E-state index contributed by atoms with van der Waals surface area (Å²) in [4.78, 5) is 40.2. The van der Waals surface area contributed by atoms with Crippen molar-refractivity contribution in [3.8, 4) is 0 Å². The molecule has 1 aliphatic heterocycles. The number of methoxy groups -OCH3 is 1. The number of nitrogens with zero attached hydrogens (tertiary/aromatic N) is 2. The van der Waals surface area contributed by atoms with Crippen LogP contribution in [0.5, 0.6) is 0 Å². The first-order valence-electron chi connectivity index (χ1n) is 14.2. The van der Waals surface area contributed by atoms with Gasteiger partial charge in [-0.3, -0.25) is 14.4 Å². The molecule has 9 nitrogen and oxygen atoms in total. The number of aromatic nitrogens is 1. The number of ether oxygens (including phenoxy) is 2. The first-order valence-corrected chi connectivity index (χ1v) is 14.6. The molecule has 1 atom stereocenters. The molecule has 224 valence electrons. The molecule has 2 N–H and O–H groups in total. The largest absolute Gasteiger partial charge is 0.481 e. The number of nitrogens with one attached hydrogen (secondary N) is 1. The molecule has 1 saturated carbocycles. The molecule has 1 saturated heterocycles. The van der Waals surface area contributed by atoms with Gasteiger partial charge in [-0.05, 0) is 62.3 Å². The van der Waals surface area contributed by atoms with E-state index in [9.17, 15) is 19.5 Å². The molecule has 11 heteroatoms. The normalized spacial score (nSPS) is 20.9. The van der Waals surface area contributed by atoms with Crippen LogP contribution < -0.4 is 5.32 Å². The summed E-state index contributed by atoms with van der Waals surface area (Å²) in [5.74, 6) is -4.59. The van der Waals surface area contributed by atoms with Crippen LogP contribution in [0.25, 0.3) is 10.9 Å². The topological polar surface area (TPSA) is 110 Å². The highest BCUT2D eigenvalue weighted by atomic mass is 35.5. The lowest BCUT2D eigenvalue weighted by Crippen LogP contribution is -2.59. The van der Waals surface area contributed by atoms with Crippen LogP contribution in [0, 0.1) is 11.7 Å². The van der Waals surface area contributed by atoms with Crippen LogP contribution in [-0.2, 0) is 32.5 Å². The summed E-state index contributed by atoms with van der Waals surface area (Å²) in [6.07, 6.45) is 4.56. The Morgan fingerprint density at radius 2 is 1.81 bits per heavy atom. The van der Waals surface area contributed by atoms with E-state index in [2.05, 4.69) is 5.32 Å². The number of carboxylic acids is 1. The van der Waals surface area contributed by atoms with Gasteiger partial charge in [0, 0.05) is 50.8 Å². The Labute approximate surface area is 248 Å². The third-order valence-corrected chi connectivity index (χ3v) is 8.69. The standard InChI is InChI=1S/C31H35ClFN3O6/c1-35-18-23(22-7-3-4-8-27(22)35)29(38)34-26-17-25(33)20(15-24(26)32)16-28(37)31(41-2,36-13-5-6-14-36)42-21-11-9-19(10-12-21)30(39)40/h3-4,7-8,15,17-19,21H,5-6,9-14,16H2,1-2H3,(H,34,38)(H,39,40). The predicted molar refractivity (Wildman–Crippen MR) is 156 cm³/mol. The average Bonchev–Trinajstić information content (AvgIpc) is 3.64. The van der Waals surface area contributed by atoms with Gasteiger partial charge in [-0.15, -0.1) is 0 Å². The number of carboxylic acid groups (broad SMARTS) is 1. The van der Waals surface area contributed by atoms with Gasteiger partial charge in [0.25, 0.3) is 11.8 Å². The maximum Gasteiger partial charge on any atom is 0.306 e. The van der Waals surface area contributed by atoms with E-state index in [4.69, 9.17) is 21.1 Å². The van der Waals surface area contributed by atoms with Gasteiger partial charge in [0.05, 0.1) is 28.3 Å². The Morgan fingerprint density at radius 3 is 2.48 bits per heavy atom. The number of aryl methyl sites for hydroxylation is 1. The van der Waals surface area contributed by atoms with Crippen molar-refractivity contribution in [3.05, 3.63) is 64.6 Å². The van der Waals surface area contributed by atoms with E-state index in [0.717, 1.165) is 29.8 Å². The summed E-state index contributed by atoms with van der Waals surface area (Å²) in [6.45, 7) is 1.15. The average molecular weight is 600 g/mol. The summed E-state index contributed by atoms with van der Waals surface area (Å²) in [5, 5.41) is 12.9. The van der Waals surface area contributed by atoms with Crippen molar-refractivity contribution in [2.45, 2.75) is 57.0 Å². The lowest BCUT2D eigenvalue weighted by molar-refractivity contribution is -0.301. The van der Waals surface area contributed by atoms with Crippen LogP contribution in [-0.4, -0.2) is 64.4 Å². The van der Waals surface area contributed by atoms with Crippen molar-refractivity contribution in [2.75, 3.05) is 25.5 Å². The fourth-order valence-electron chi connectivity index (χ4n) is 6.09. The second-order valence-corrected chi connectivity index (χ2v) is 11.5. The van der Waals surface area contributed by atoms with E-state index in [1.807, 2.05) is 40.8 Å². The molecule has 2 aromatic carbocycles. The molecule has 42 heavy (non-hydrogen) atoms. The summed E-state index contributed by atoms with van der Waals surface area (Å²) < 4.78 is 29.4. The number of Topliss-reactive ketones (excluding diaryl/α,β-unsaturated/α-hetero) is 1. The second kappa shape index (κ2) is 12.5. The second-order valence-electron chi connectivity index (χ2n) is 11.1. The minimum Gasteiger partial charge on any atom is -0.481 e. The molecule has 1 amide bonds. The number of hydrogen-bond donors (Lipinski definition) is 2. The summed E-state index contributed by atoms with van der Waals surface area (Å²) in [5.41, 5.74) is 1.44. The maximum absolute atomic E-state index is 15.4. The van der Waals surface area contributed by atoms with Crippen LogP contribution in [0.4, 0.5) is 10.1 Å². The molecule has 0 radical (unpaired) electrons. The number of hydrogen-bond acceptors (Lipinski definition) is 6. The monoisotopic (exact) mass is 599 g/mol. The number of benzene rings is 2. The molecule has 1 unspecified atom stereocenters. The maximum atomic E-state index is 15.4. The van der Waals surface area contributed by atoms with Crippen molar-refractivity contribution < 1.29 is 33.4 Å². The minimum absolute atomic E-state index is 0.0481. The highest BCUT2D eigenvalue weighted by molar-refractivity contribution is 6.34. The Morgan fingerprint density at radius 1 is 1.12 bits per heavy atom. The fraction of sp³-hybridized carbons (Fsp3) is 0.452. The fourth-order valence-corrected chi connectivity index (χ4v) is 6.32. The van der Waals surface area contributed by atoms with Gasteiger partial charge in [-0.1, -0.05) is 29.8 Å². The number of aliphatic carboxylic acids is 1. The molecule has 2 fully saturated rings.